The molecule has 2 N–H and O–H groups in total. The maximum absolute atomic E-state index is 12.2. The maximum atomic E-state index is 12.2. The summed E-state index contributed by atoms with van der Waals surface area (Å²) in [7, 11) is -3.99. The molecular weight excluding hydrogens is 408 g/mol. The minimum atomic E-state index is -3.99. The van der Waals surface area contributed by atoms with Gasteiger partial charge in [0.15, 0.2) is 9.84 Å². The van der Waals surface area contributed by atoms with Crippen molar-refractivity contribution in [3.63, 3.8) is 0 Å². The Morgan fingerprint density at radius 2 is 1.43 bits per heavy atom. The van der Waals surface area contributed by atoms with Crippen LogP contribution < -0.4 is 10.6 Å². The minimum Gasteiger partial charge on any atom is -0.459 e. The van der Waals surface area contributed by atoms with Gasteiger partial charge in [-0.1, -0.05) is 18.2 Å². The Morgan fingerprint density at radius 1 is 0.900 bits per heavy atom. The van der Waals surface area contributed by atoms with Gasteiger partial charge in [-0.2, -0.15) is 0 Å². The monoisotopic (exact) mass is 432 g/mol. The number of carbonyl (C=O) groups excluding carboxylic acids is 3. The second kappa shape index (κ2) is 10.0. The summed E-state index contributed by atoms with van der Waals surface area (Å²) in [5.41, 5.74) is 1.86. The summed E-state index contributed by atoms with van der Waals surface area (Å²) in [4.78, 5) is 36.1. The van der Waals surface area contributed by atoms with Gasteiger partial charge in [-0.25, -0.2) is 13.2 Å². The summed E-state index contributed by atoms with van der Waals surface area (Å²) in [6.07, 6.45) is -0.299. The summed E-state index contributed by atoms with van der Waals surface area (Å²) >= 11 is 0. The summed E-state index contributed by atoms with van der Waals surface area (Å²) in [5, 5.41) is 4.92. The molecule has 9 heteroatoms. The zero-order valence-electron chi connectivity index (χ0n) is 17.0. The Balaban J connectivity index is 1.94. The number of carbonyl (C=O) groups is 3. The normalized spacial score (nSPS) is 11.1. The standard InChI is InChI=1S/C21H24N2O6S/c1-14(2)29-21(26)16-7-5-9-18(11-16)23-20(25)13-30(27,28)12-19(24)22-17-8-4-6-15(3)10-17/h4-11,14H,12-13H2,1-3H3,(H,22,24)(H,23,25). The van der Waals surface area contributed by atoms with Crippen LogP contribution in [0.4, 0.5) is 11.4 Å². The minimum absolute atomic E-state index is 0.224. The molecule has 0 heterocycles. The van der Waals surface area contributed by atoms with Crippen LogP contribution >= 0.6 is 0 Å². The van der Waals surface area contributed by atoms with E-state index in [0.29, 0.717) is 5.69 Å². The third kappa shape index (κ3) is 7.67. The van der Waals surface area contributed by atoms with E-state index in [2.05, 4.69) is 10.6 Å². The van der Waals surface area contributed by atoms with Gasteiger partial charge in [-0.05, 0) is 56.7 Å². The number of sulfone groups is 1. The molecular formula is C21H24N2O6S. The number of ether oxygens (including phenoxy) is 1. The molecule has 0 saturated heterocycles. The van der Waals surface area contributed by atoms with Crippen molar-refractivity contribution in [3.05, 3.63) is 59.7 Å². The fourth-order valence-electron chi connectivity index (χ4n) is 2.57. The molecule has 30 heavy (non-hydrogen) atoms. The van der Waals surface area contributed by atoms with Crippen molar-refractivity contribution >= 4 is 39.0 Å². The van der Waals surface area contributed by atoms with Gasteiger partial charge >= 0.3 is 5.97 Å². The van der Waals surface area contributed by atoms with Crippen molar-refractivity contribution in [3.8, 4) is 0 Å². The molecule has 0 fully saturated rings. The van der Waals surface area contributed by atoms with Crippen molar-refractivity contribution in [2.24, 2.45) is 0 Å². The Labute approximate surface area is 175 Å². The number of hydrogen-bond donors (Lipinski definition) is 2. The van der Waals surface area contributed by atoms with Gasteiger partial charge in [-0.15, -0.1) is 0 Å². The zero-order chi connectivity index (χ0) is 22.3. The molecule has 2 aromatic carbocycles. The number of esters is 1. The summed E-state index contributed by atoms with van der Waals surface area (Å²) in [6.45, 7) is 5.27. The maximum Gasteiger partial charge on any atom is 0.338 e. The predicted octanol–water partition coefficient (Wildman–Crippen LogP) is 2.55. The molecule has 8 nitrogen and oxygen atoms in total. The molecule has 0 radical (unpaired) electrons. The van der Waals surface area contributed by atoms with Gasteiger partial charge in [-0.3, -0.25) is 9.59 Å². The summed E-state index contributed by atoms with van der Waals surface area (Å²) in [5.74, 6) is -3.79. The van der Waals surface area contributed by atoms with Crippen LogP contribution in [-0.2, 0) is 24.2 Å². The first-order valence-electron chi connectivity index (χ1n) is 9.22. The van der Waals surface area contributed by atoms with E-state index in [1.807, 2.05) is 13.0 Å². The van der Waals surface area contributed by atoms with Crippen molar-refractivity contribution < 1.29 is 27.5 Å². The van der Waals surface area contributed by atoms with Gasteiger partial charge in [0.1, 0.15) is 11.5 Å². The summed E-state index contributed by atoms with van der Waals surface area (Å²) < 4.78 is 29.5. The number of anilines is 2. The Kier molecular flexibility index (Phi) is 7.71. The van der Waals surface area contributed by atoms with E-state index < -0.39 is 39.1 Å². The number of amides is 2. The first kappa shape index (κ1) is 23.1. The largest absolute Gasteiger partial charge is 0.459 e. The number of aryl methyl sites for hydroxylation is 1. The van der Waals surface area contributed by atoms with E-state index in [-0.39, 0.29) is 17.4 Å². The van der Waals surface area contributed by atoms with Crippen LogP contribution in [0.2, 0.25) is 0 Å². The molecule has 0 aliphatic carbocycles. The number of hydrogen-bond acceptors (Lipinski definition) is 6. The van der Waals surface area contributed by atoms with Gasteiger partial charge in [0.05, 0.1) is 11.7 Å². The van der Waals surface area contributed by atoms with Gasteiger partial charge in [0.25, 0.3) is 0 Å². The van der Waals surface area contributed by atoms with E-state index in [1.54, 1.807) is 32.0 Å². The Hall–Kier alpha value is -3.20. The van der Waals surface area contributed by atoms with E-state index in [9.17, 15) is 22.8 Å². The van der Waals surface area contributed by atoms with Crippen LogP contribution in [0.3, 0.4) is 0 Å². The lowest BCUT2D eigenvalue weighted by Gasteiger charge is -2.10. The highest BCUT2D eigenvalue weighted by Gasteiger charge is 2.21. The van der Waals surface area contributed by atoms with Crippen LogP contribution in [0.1, 0.15) is 29.8 Å². The lowest BCUT2D eigenvalue weighted by molar-refractivity contribution is -0.114. The Morgan fingerprint density at radius 3 is 1.97 bits per heavy atom. The van der Waals surface area contributed by atoms with Crippen molar-refractivity contribution in [1.29, 1.82) is 0 Å². The highest BCUT2D eigenvalue weighted by atomic mass is 32.2. The average Bonchev–Trinajstić information content (AvgIpc) is 2.60. The number of rotatable bonds is 8. The lowest BCUT2D eigenvalue weighted by Crippen LogP contribution is -2.30. The molecule has 0 saturated carbocycles. The van der Waals surface area contributed by atoms with Crippen LogP contribution in [-0.4, -0.2) is 43.8 Å². The second-order valence-corrected chi connectivity index (χ2v) is 9.10. The van der Waals surface area contributed by atoms with E-state index in [0.717, 1.165) is 5.56 Å². The molecule has 0 spiro atoms. The van der Waals surface area contributed by atoms with Crippen LogP contribution in [0, 0.1) is 6.92 Å². The topological polar surface area (TPSA) is 119 Å². The fourth-order valence-corrected chi connectivity index (χ4v) is 3.62. The molecule has 0 unspecified atom stereocenters. The van der Waals surface area contributed by atoms with E-state index in [4.69, 9.17) is 4.74 Å². The third-order valence-electron chi connectivity index (χ3n) is 3.73. The quantitative estimate of drug-likeness (QED) is 0.619. The molecule has 160 valence electrons. The Bertz CT molecular complexity index is 1050. The van der Waals surface area contributed by atoms with Crippen molar-refractivity contribution in [1.82, 2.24) is 0 Å². The molecule has 2 amide bonds. The molecule has 0 aliphatic heterocycles. The number of benzene rings is 2. The smallest absolute Gasteiger partial charge is 0.338 e. The average molecular weight is 432 g/mol. The van der Waals surface area contributed by atoms with E-state index >= 15 is 0 Å². The molecule has 0 atom stereocenters. The third-order valence-corrected chi connectivity index (χ3v) is 5.13. The molecule has 2 aromatic rings. The molecule has 0 aromatic heterocycles. The first-order chi connectivity index (χ1) is 14.0. The highest BCUT2D eigenvalue weighted by molar-refractivity contribution is 7.92. The van der Waals surface area contributed by atoms with Crippen molar-refractivity contribution in [2.75, 3.05) is 22.1 Å². The highest BCUT2D eigenvalue weighted by Crippen LogP contribution is 2.13. The van der Waals surface area contributed by atoms with Crippen LogP contribution in [0.25, 0.3) is 0 Å². The first-order valence-corrected chi connectivity index (χ1v) is 11.0. The van der Waals surface area contributed by atoms with Crippen molar-refractivity contribution in [2.45, 2.75) is 26.9 Å². The van der Waals surface area contributed by atoms with Crippen LogP contribution in [0.5, 0.6) is 0 Å². The predicted molar refractivity (Wildman–Crippen MR) is 114 cm³/mol. The molecule has 2 rings (SSSR count). The van der Waals surface area contributed by atoms with Gasteiger partial charge < -0.3 is 15.4 Å². The molecule has 0 bridgehead atoms. The van der Waals surface area contributed by atoms with E-state index in [1.165, 1.54) is 24.3 Å². The fraction of sp³-hybridized carbons (Fsp3) is 0.286. The zero-order valence-corrected chi connectivity index (χ0v) is 17.8. The SMILES string of the molecule is Cc1cccc(NC(=O)CS(=O)(=O)CC(=O)Nc2cccc(C(=O)OC(C)C)c2)c1. The molecule has 0 aliphatic rings. The van der Waals surface area contributed by atoms with Crippen LogP contribution in [0.15, 0.2) is 48.5 Å². The van der Waals surface area contributed by atoms with Gasteiger partial charge in [0, 0.05) is 11.4 Å². The van der Waals surface area contributed by atoms with Gasteiger partial charge in [0.2, 0.25) is 11.8 Å². The summed E-state index contributed by atoms with van der Waals surface area (Å²) in [6, 6.07) is 12.9. The number of nitrogens with one attached hydrogen (secondary N) is 2. The lowest BCUT2D eigenvalue weighted by atomic mass is 10.2. The second-order valence-electron chi connectivity index (χ2n) is 7.03.